The van der Waals surface area contributed by atoms with E-state index in [1.54, 1.807) is 6.92 Å². The van der Waals surface area contributed by atoms with Gasteiger partial charge in [-0.25, -0.2) is 4.99 Å². The Labute approximate surface area is 170 Å². The normalized spacial score (nSPS) is 19.2. The molecule has 0 bridgehead atoms. The summed E-state index contributed by atoms with van der Waals surface area (Å²) < 4.78 is 39.3. The summed E-state index contributed by atoms with van der Waals surface area (Å²) in [6, 6.07) is 3.31. The lowest BCUT2D eigenvalue weighted by atomic mass is 10.2. The number of aliphatic imine (C=N–C) groups is 1. The number of unbranched alkanes of at least 4 members (excludes halogenated alkanes) is 1. The monoisotopic (exact) mass is 435 g/mol. The lowest BCUT2D eigenvalue weighted by Gasteiger charge is -2.31. The van der Waals surface area contributed by atoms with Crippen LogP contribution >= 0.6 is 23.4 Å². The highest BCUT2D eigenvalue weighted by atomic mass is 35.5. The van der Waals surface area contributed by atoms with Crippen molar-refractivity contribution in [2.75, 3.05) is 13.1 Å². The molecular weight excluding hydrogens is 415 g/mol. The maximum Gasteiger partial charge on any atom is 0.417 e. The number of rotatable bonds is 6. The van der Waals surface area contributed by atoms with Crippen LogP contribution in [0.15, 0.2) is 23.2 Å². The number of hydrogen-bond donors (Lipinski definition) is 1. The number of benzene rings is 1. The van der Waals surface area contributed by atoms with Crippen molar-refractivity contribution >= 4 is 46.0 Å². The molecule has 5 nitrogen and oxygen atoms in total. The molecule has 2 rings (SSSR count). The van der Waals surface area contributed by atoms with E-state index in [1.165, 1.54) is 11.0 Å². The highest BCUT2D eigenvalue weighted by molar-refractivity contribution is 8.15. The van der Waals surface area contributed by atoms with Crippen molar-refractivity contribution < 1.29 is 22.8 Å². The smallest absolute Gasteiger partial charge is 0.355 e. The molecule has 2 amide bonds. The second-order valence-corrected chi connectivity index (χ2v) is 7.74. The van der Waals surface area contributed by atoms with Crippen molar-refractivity contribution in [1.82, 2.24) is 10.2 Å². The minimum absolute atomic E-state index is 0.0186. The van der Waals surface area contributed by atoms with Gasteiger partial charge in [0.25, 0.3) is 0 Å². The first-order valence-electron chi connectivity index (χ1n) is 8.87. The standard InChI is InChI=1S/C18H21ClF3N3O2S/c1-3-5-8-25-15(26)10-14(16(27)23-4-2)28-17(25)24-11-6-7-13(19)12(9-11)18(20,21)22/h6-7,9,14H,3-5,8,10H2,1-2H3,(H,23,27). The molecule has 10 heteroatoms. The van der Waals surface area contributed by atoms with E-state index < -0.39 is 22.0 Å². The van der Waals surface area contributed by atoms with Crippen molar-refractivity contribution in [3.8, 4) is 0 Å². The molecule has 1 fully saturated rings. The fraction of sp³-hybridized carbons (Fsp3) is 0.500. The Kier molecular flexibility index (Phi) is 7.77. The fourth-order valence-corrected chi connectivity index (χ4v) is 3.95. The summed E-state index contributed by atoms with van der Waals surface area (Å²) in [5.74, 6) is -0.567. The molecule has 0 radical (unpaired) electrons. The molecule has 1 saturated heterocycles. The van der Waals surface area contributed by atoms with Gasteiger partial charge in [-0.3, -0.25) is 14.5 Å². The average molecular weight is 436 g/mol. The number of amidine groups is 1. The Hall–Kier alpha value is -1.74. The van der Waals surface area contributed by atoms with Crippen LogP contribution in [0.1, 0.15) is 38.7 Å². The first-order valence-corrected chi connectivity index (χ1v) is 10.1. The molecule has 1 aliphatic heterocycles. The molecule has 0 aromatic heterocycles. The van der Waals surface area contributed by atoms with Crippen LogP contribution in [0.4, 0.5) is 18.9 Å². The van der Waals surface area contributed by atoms with Crippen molar-refractivity contribution in [2.24, 2.45) is 4.99 Å². The molecule has 154 valence electrons. The van der Waals surface area contributed by atoms with E-state index in [2.05, 4.69) is 10.3 Å². The lowest BCUT2D eigenvalue weighted by Crippen LogP contribution is -2.47. The van der Waals surface area contributed by atoms with Gasteiger partial charge in [0.1, 0.15) is 0 Å². The molecule has 1 unspecified atom stereocenters. The summed E-state index contributed by atoms with van der Waals surface area (Å²) in [4.78, 5) is 30.4. The number of alkyl halides is 3. The molecule has 1 heterocycles. The van der Waals surface area contributed by atoms with Crippen molar-refractivity contribution in [3.63, 3.8) is 0 Å². The van der Waals surface area contributed by atoms with Crippen molar-refractivity contribution in [3.05, 3.63) is 28.8 Å². The highest BCUT2D eigenvalue weighted by Gasteiger charge is 2.36. The first kappa shape index (κ1) is 22.5. The van der Waals surface area contributed by atoms with Gasteiger partial charge in [-0.15, -0.1) is 0 Å². The van der Waals surface area contributed by atoms with Crippen LogP contribution in [0, 0.1) is 0 Å². The van der Waals surface area contributed by atoms with E-state index in [9.17, 15) is 22.8 Å². The van der Waals surface area contributed by atoms with Crippen LogP contribution < -0.4 is 5.32 Å². The van der Waals surface area contributed by atoms with Gasteiger partial charge < -0.3 is 5.32 Å². The van der Waals surface area contributed by atoms with Crippen LogP contribution in [0.2, 0.25) is 5.02 Å². The van der Waals surface area contributed by atoms with Gasteiger partial charge >= 0.3 is 6.18 Å². The number of halogens is 4. The quantitative estimate of drug-likeness (QED) is 0.709. The third kappa shape index (κ3) is 5.64. The van der Waals surface area contributed by atoms with Gasteiger partial charge in [0.2, 0.25) is 11.8 Å². The Bertz CT molecular complexity index is 771. The molecule has 1 aromatic carbocycles. The summed E-state index contributed by atoms with van der Waals surface area (Å²) in [6.45, 7) is 4.54. The fourth-order valence-electron chi connectivity index (χ4n) is 2.58. The van der Waals surface area contributed by atoms with Gasteiger partial charge in [0.15, 0.2) is 5.17 Å². The predicted octanol–water partition coefficient (Wildman–Crippen LogP) is 4.62. The van der Waals surface area contributed by atoms with E-state index in [0.717, 1.165) is 30.3 Å². The largest absolute Gasteiger partial charge is 0.417 e. The number of amides is 2. The molecule has 1 aromatic rings. The van der Waals surface area contributed by atoms with Crippen molar-refractivity contribution in [2.45, 2.75) is 44.5 Å². The first-order chi connectivity index (χ1) is 13.2. The van der Waals surface area contributed by atoms with E-state index in [-0.39, 0.29) is 29.1 Å². The van der Waals surface area contributed by atoms with Crippen LogP contribution in [0.5, 0.6) is 0 Å². The summed E-state index contributed by atoms with van der Waals surface area (Å²) in [5, 5.41) is 1.79. The molecule has 1 aliphatic rings. The summed E-state index contributed by atoms with van der Waals surface area (Å²) in [6.07, 6.45) is -3.05. The number of nitrogens with zero attached hydrogens (tertiary/aromatic N) is 2. The van der Waals surface area contributed by atoms with E-state index >= 15 is 0 Å². The summed E-state index contributed by atoms with van der Waals surface area (Å²) >= 11 is 6.74. The molecule has 0 aliphatic carbocycles. The number of carbonyl (C=O) groups is 2. The van der Waals surface area contributed by atoms with Crippen LogP contribution in [-0.4, -0.2) is 40.2 Å². The summed E-state index contributed by atoms with van der Waals surface area (Å²) in [5.41, 5.74) is -0.978. The van der Waals surface area contributed by atoms with Gasteiger partial charge in [0, 0.05) is 19.5 Å². The number of thioether (sulfide) groups is 1. The Balaban J connectivity index is 2.40. The Morgan fingerprint density at radius 3 is 2.71 bits per heavy atom. The zero-order chi connectivity index (χ0) is 20.9. The zero-order valence-electron chi connectivity index (χ0n) is 15.5. The third-order valence-corrected chi connectivity index (χ3v) is 5.52. The van der Waals surface area contributed by atoms with E-state index in [4.69, 9.17) is 11.6 Å². The van der Waals surface area contributed by atoms with Gasteiger partial charge in [-0.1, -0.05) is 36.7 Å². The number of nitrogens with one attached hydrogen (secondary N) is 1. The van der Waals surface area contributed by atoms with E-state index in [1.807, 2.05) is 6.92 Å². The molecule has 1 atom stereocenters. The molecule has 0 spiro atoms. The minimum Gasteiger partial charge on any atom is -0.355 e. The van der Waals surface area contributed by atoms with Crippen LogP contribution in [0.25, 0.3) is 0 Å². The maximum absolute atomic E-state index is 13.1. The second-order valence-electron chi connectivity index (χ2n) is 6.16. The molecule has 1 N–H and O–H groups in total. The zero-order valence-corrected chi connectivity index (χ0v) is 17.0. The highest BCUT2D eigenvalue weighted by Crippen LogP contribution is 2.37. The second kappa shape index (κ2) is 9.65. The molecule has 0 saturated carbocycles. The van der Waals surface area contributed by atoms with Crippen LogP contribution in [0.3, 0.4) is 0 Å². The van der Waals surface area contributed by atoms with Gasteiger partial charge in [-0.05, 0) is 31.5 Å². The van der Waals surface area contributed by atoms with Gasteiger partial charge in [0.05, 0.1) is 21.5 Å². The predicted molar refractivity (Wildman–Crippen MR) is 105 cm³/mol. The van der Waals surface area contributed by atoms with Crippen LogP contribution in [-0.2, 0) is 15.8 Å². The SMILES string of the molecule is CCCCN1C(=O)CC(C(=O)NCC)SC1=Nc1ccc(Cl)c(C(F)(F)F)c1. The number of hydrogen-bond acceptors (Lipinski definition) is 4. The Morgan fingerprint density at radius 2 is 2.11 bits per heavy atom. The van der Waals surface area contributed by atoms with E-state index in [0.29, 0.717) is 19.5 Å². The Morgan fingerprint density at radius 1 is 1.39 bits per heavy atom. The number of carbonyl (C=O) groups excluding carboxylic acids is 2. The maximum atomic E-state index is 13.1. The summed E-state index contributed by atoms with van der Waals surface area (Å²) in [7, 11) is 0. The van der Waals surface area contributed by atoms with Crippen molar-refractivity contribution in [1.29, 1.82) is 0 Å². The minimum atomic E-state index is -4.62. The topological polar surface area (TPSA) is 61.8 Å². The third-order valence-electron chi connectivity index (χ3n) is 4.00. The molecule has 28 heavy (non-hydrogen) atoms. The lowest BCUT2D eigenvalue weighted by molar-refractivity contribution is -0.137. The molecular formula is C18H21ClF3N3O2S. The average Bonchev–Trinajstić information content (AvgIpc) is 2.61. The van der Waals surface area contributed by atoms with Gasteiger partial charge in [-0.2, -0.15) is 13.2 Å².